The third kappa shape index (κ3) is 4.63. The Kier molecular flexibility index (Phi) is 6.72. The Bertz CT molecular complexity index is 1460. The van der Waals surface area contributed by atoms with E-state index in [1.165, 1.54) is 0 Å². The van der Waals surface area contributed by atoms with Crippen molar-refractivity contribution in [3.8, 4) is 22.4 Å². The van der Waals surface area contributed by atoms with Crippen LogP contribution in [0.4, 0.5) is 5.82 Å². The molecule has 0 saturated carbocycles. The van der Waals surface area contributed by atoms with E-state index in [0.29, 0.717) is 48.3 Å². The summed E-state index contributed by atoms with van der Waals surface area (Å²) in [5.41, 5.74) is 4.02. The van der Waals surface area contributed by atoms with Crippen molar-refractivity contribution in [2.45, 2.75) is 13.3 Å². The number of anilines is 1. The number of aromatic nitrogens is 3. The zero-order valence-electron chi connectivity index (χ0n) is 19.2. The van der Waals surface area contributed by atoms with E-state index in [1.54, 1.807) is 10.5 Å². The molecule has 7 nitrogen and oxygen atoms in total. The van der Waals surface area contributed by atoms with Gasteiger partial charge in [-0.1, -0.05) is 60.5 Å². The van der Waals surface area contributed by atoms with Crippen LogP contribution in [0.3, 0.4) is 0 Å². The summed E-state index contributed by atoms with van der Waals surface area (Å²) in [5, 5.41) is 6.22. The van der Waals surface area contributed by atoms with Crippen molar-refractivity contribution < 1.29 is 8.42 Å². The summed E-state index contributed by atoms with van der Waals surface area (Å²) in [6, 6.07) is 17.1. The van der Waals surface area contributed by atoms with Crippen molar-refractivity contribution in [1.29, 1.82) is 0 Å². The third-order valence-electron chi connectivity index (χ3n) is 6.18. The zero-order valence-corrected chi connectivity index (χ0v) is 21.6. The van der Waals surface area contributed by atoms with Crippen LogP contribution < -0.4 is 4.90 Å². The molecule has 0 radical (unpaired) electrons. The molecule has 0 spiro atoms. The molecule has 0 aliphatic carbocycles. The molecule has 182 valence electrons. The van der Waals surface area contributed by atoms with Crippen LogP contribution in [-0.2, 0) is 10.0 Å². The molecule has 0 unspecified atom stereocenters. The van der Waals surface area contributed by atoms with Gasteiger partial charge in [0.05, 0.1) is 16.3 Å². The second-order valence-electron chi connectivity index (χ2n) is 8.45. The van der Waals surface area contributed by atoms with E-state index in [2.05, 4.69) is 9.88 Å². The molecule has 2 aromatic carbocycles. The molecule has 35 heavy (non-hydrogen) atoms. The molecule has 1 aliphatic heterocycles. The summed E-state index contributed by atoms with van der Waals surface area (Å²) >= 11 is 12.7. The minimum Gasteiger partial charge on any atom is -0.354 e. The van der Waals surface area contributed by atoms with Crippen LogP contribution in [0.1, 0.15) is 13.3 Å². The molecule has 10 heteroatoms. The second kappa shape index (κ2) is 9.78. The lowest BCUT2D eigenvalue weighted by Gasteiger charge is -2.35. The van der Waals surface area contributed by atoms with E-state index in [-0.39, 0.29) is 5.75 Å². The van der Waals surface area contributed by atoms with E-state index < -0.39 is 10.0 Å². The van der Waals surface area contributed by atoms with E-state index in [1.807, 2.05) is 66.0 Å². The van der Waals surface area contributed by atoms with Crippen molar-refractivity contribution >= 4 is 44.7 Å². The van der Waals surface area contributed by atoms with Gasteiger partial charge in [-0.3, -0.25) is 0 Å². The maximum Gasteiger partial charge on any atom is 0.214 e. The van der Waals surface area contributed by atoms with Gasteiger partial charge < -0.3 is 4.90 Å². The molecular formula is C25H25Cl2N5O2S. The van der Waals surface area contributed by atoms with Crippen molar-refractivity contribution in [2.75, 3.05) is 36.8 Å². The van der Waals surface area contributed by atoms with Crippen LogP contribution in [0.15, 0.2) is 60.8 Å². The molecule has 1 saturated heterocycles. The Morgan fingerprint density at radius 3 is 2.34 bits per heavy atom. The van der Waals surface area contributed by atoms with Gasteiger partial charge in [-0.25, -0.2) is 13.4 Å². The number of fused-ring (bicyclic) bond motifs is 1. The third-order valence-corrected chi connectivity index (χ3v) is 8.84. The number of halogens is 2. The lowest BCUT2D eigenvalue weighted by Crippen LogP contribution is -2.49. The predicted octanol–water partition coefficient (Wildman–Crippen LogP) is 5.23. The minimum atomic E-state index is -3.22. The summed E-state index contributed by atoms with van der Waals surface area (Å²) < 4.78 is 28.5. The summed E-state index contributed by atoms with van der Waals surface area (Å²) in [6.07, 6.45) is 2.38. The van der Waals surface area contributed by atoms with Gasteiger partial charge in [0.1, 0.15) is 11.5 Å². The summed E-state index contributed by atoms with van der Waals surface area (Å²) in [4.78, 5) is 6.84. The quantitative estimate of drug-likeness (QED) is 0.342. The first kappa shape index (κ1) is 24.1. The number of hydrogen-bond acceptors (Lipinski definition) is 5. The molecule has 5 rings (SSSR count). The van der Waals surface area contributed by atoms with Crippen LogP contribution in [0, 0.1) is 0 Å². The Balaban J connectivity index is 1.60. The normalized spacial score (nSPS) is 15.1. The van der Waals surface area contributed by atoms with Gasteiger partial charge in [0, 0.05) is 43.0 Å². The fourth-order valence-electron chi connectivity index (χ4n) is 4.48. The predicted molar refractivity (Wildman–Crippen MR) is 142 cm³/mol. The lowest BCUT2D eigenvalue weighted by atomic mass is 10.0. The first-order valence-electron chi connectivity index (χ1n) is 11.5. The Morgan fingerprint density at radius 2 is 1.66 bits per heavy atom. The van der Waals surface area contributed by atoms with Crippen molar-refractivity contribution in [3.63, 3.8) is 0 Å². The first-order valence-corrected chi connectivity index (χ1v) is 13.9. The number of hydrogen-bond donors (Lipinski definition) is 0. The minimum absolute atomic E-state index is 0.178. The summed E-state index contributed by atoms with van der Waals surface area (Å²) in [7, 11) is -3.22. The lowest BCUT2D eigenvalue weighted by molar-refractivity contribution is 0.382. The Morgan fingerprint density at radius 1 is 0.943 bits per heavy atom. The standard InChI is InChI=1S/C25H25Cl2N5O2S/c1-2-17-35(33,34)31-15-13-30(14-16-31)22-11-12-28-25-23(18-7-9-19(26)10-8-18)24(29-32(22)25)20-5-3-4-6-21(20)27/h3-12H,2,13-17H2,1H3. The molecule has 0 atom stereocenters. The van der Waals surface area contributed by atoms with Gasteiger partial charge in [-0.05, 0) is 36.2 Å². The van der Waals surface area contributed by atoms with E-state index in [9.17, 15) is 8.42 Å². The van der Waals surface area contributed by atoms with Crippen LogP contribution >= 0.6 is 23.2 Å². The highest BCUT2D eigenvalue weighted by atomic mass is 35.5. The van der Waals surface area contributed by atoms with E-state index >= 15 is 0 Å². The van der Waals surface area contributed by atoms with Crippen molar-refractivity contribution in [2.24, 2.45) is 0 Å². The number of nitrogens with zero attached hydrogens (tertiary/aromatic N) is 5. The topological polar surface area (TPSA) is 70.8 Å². The summed E-state index contributed by atoms with van der Waals surface area (Å²) in [5.74, 6) is 1.04. The SMILES string of the molecule is CCCS(=O)(=O)N1CCN(c2ccnc3c(-c4ccc(Cl)cc4)c(-c4ccccc4Cl)nn23)CC1. The molecule has 1 fully saturated rings. The van der Waals surface area contributed by atoms with Gasteiger partial charge in [-0.2, -0.15) is 13.9 Å². The van der Waals surface area contributed by atoms with Crippen LogP contribution in [-0.4, -0.2) is 59.3 Å². The maximum atomic E-state index is 12.5. The van der Waals surface area contributed by atoms with Gasteiger partial charge in [0.25, 0.3) is 0 Å². The highest BCUT2D eigenvalue weighted by molar-refractivity contribution is 7.89. The fraction of sp³-hybridized carbons (Fsp3) is 0.280. The maximum absolute atomic E-state index is 12.5. The van der Waals surface area contributed by atoms with E-state index in [4.69, 9.17) is 28.3 Å². The first-order chi connectivity index (χ1) is 16.9. The number of rotatable bonds is 6. The molecule has 0 bridgehead atoms. The Hall–Kier alpha value is -2.65. The number of benzene rings is 2. The average Bonchev–Trinajstić information content (AvgIpc) is 3.24. The van der Waals surface area contributed by atoms with Crippen LogP contribution in [0.25, 0.3) is 28.0 Å². The van der Waals surface area contributed by atoms with Gasteiger partial charge >= 0.3 is 0 Å². The molecule has 2 aromatic heterocycles. The molecule has 4 aromatic rings. The van der Waals surface area contributed by atoms with Crippen molar-refractivity contribution in [1.82, 2.24) is 18.9 Å². The van der Waals surface area contributed by atoms with Crippen molar-refractivity contribution in [3.05, 3.63) is 70.8 Å². The van der Waals surface area contributed by atoms with Gasteiger partial charge in [0.2, 0.25) is 10.0 Å². The Labute approximate surface area is 215 Å². The monoisotopic (exact) mass is 529 g/mol. The number of piperazine rings is 1. The van der Waals surface area contributed by atoms with E-state index in [0.717, 1.165) is 28.2 Å². The molecule has 0 N–H and O–H groups in total. The van der Waals surface area contributed by atoms with Crippen LogP contribution in [0.2, 0.25) is 10.0 Å². The highest BCUT2D eigenvalue weighted by Crippen LogP contribution is 2.39. The molecule has 1 aliphatic rings. The van der Waals surface area contributed by atoms with Gasteiger partial charge in [-0.15, -0.1) is 0 Å². The fourth-order valence-corrected chi connectivity index (χ4v) is 6.32. The molecule has 0 amide bonds. The molecular weight excluding hydrogens is 505 g/mol. The summed E-state index contributed by atoms with van der Waals surface area (Å²) in [6.45, 7) is 3.90. The largest absolute Gasteiger partial charge is 0.354 e. The second-order valence-corrected chi connectivity index (χ2v) is 11.4. The average molecular weight is 530 g/mol. The zero-order chi connectivity index (χ0) is 24.6. The molecule has 3 heterocycles. The number of sulfonamides is 1. The highest BCUT2D eigenvalue weighted by Gasteiger charge is 2.28. The smallest absolute Gasteiger partial charge is 0.214 e. The van der Waals surface area contributed by atoms with Gasteiger partial charge in [0.15, 0.2) is 5.65 Å². The van der Waals surface area contributed by atoms with Crippen LogP contribution in [0.5, 0.6) is 0 Å².